The van der Waals surface area contributed by atoms with E-state index in [0.717, 1.165) is 48.1 Å². The molecule has 10 heteroatoms. The molecule has 9 nitrogen and oxygen atoms in total. The molecule has 1 aliphatic rings. The van der Waals surface area contributed by atoms with Crippen LogP contribution in [0.25, 0.3) is 16.6 Å². The number of primary amides is 1. The highest BCUT2D eigenvalue weighted by atomic mass is 35.5. The molecule has 0 saturated heterocycles. The second-order valence-electron chi connectivity index (χ2n) is 8.07. The average Bonchev–Trinajstić information content (AvgIpc) is 3.41. The normalized spacial score (nSPS) is 18.4. The van der Waals surface area contributed by atoms with Crippen LogP contribution in [0.1, 0.15) is 42.1 Å². The van der Waals surface area contributed by atoms with Crippen LogP contribution < -0.4 is 15.4 Å². The highest BCUT2D eigenvalue weighted by Gasteiger charge is 2.27. The van der Waals surface area contributed by atoms with E-state index in [9.17, 15) is 4.79 Å². The number of carbonyl (C=O) groups excluding carboxylic acids is 1. The molecule has 1 aliphatic carbocycles. The number of aromatic nitrogens is 5. The number of anilines is 1. The van der Waals surface area contributed by atoms with Gasteiger partial charge >= 0.3 is 0 Å². The molecule has 4 aromatic rings. The molecule has 3 aromatic heterocycles. The summed E-state index contributed by atoms with van der Waals surface area (Å²) in [6.45, 7) is 0. The fourth-order valence-corrected chi connectivity index (χ4v) is 4.57. The molecule has 1 aromatic carbocycles. The van der Waals surface area contributed by atoms with Crippen molar-refractivity contribution in [1.82, 2.24) is 24.4 Å². The van der Waals surface area contributed by atoms with Crippen molar-refractivity contribution in [1.29, 1.82) is 0 Å². The Bertz CT molecular complexity index is 1260. The number of carbonyl (C=O) groups is 1. The summed E-state index contributed by atoms with van der Waals surface area (Å²) >= 11 is 0. The summed E-state index contributed by atoms with van der Waals surface area (Å²) < 4.78 is 9.22. The predicted molar refractivity (Wildman–Crippen MR) is 125 cm³/mol. The van der Waals surface area contributed by atoms with Crippen molar-refractivity contribution >= 4 is 40.7 Å². The second-order valence-corrected chi connectivity index (χ2v) is 8.07. The SMILES string of the molecule is COc1cc2nn(C3CCC(N(C)c4cnc5cccnn45)CC3)cc2cc1C(N)=O.Cl. The number of nitrogens with two attached hydrogens (primary N) is 1. The first-order valence-corrected chi connectivity index (χ1v) is 10.4. The fourth-order valence-electron chi connectivity index (χ4n) is 4.57. The maximum absolute atomic E-state index is 11.7. The number of fused-ring (bicyclic) bond motifs is 2. The lowest BCUT2D eigenvalue weighted by molar-refractivity contribution is 0.0997. The molecule has 0 atom stereocenters. The number of methoxy groups -OCH3 is 1. The first-order chi connectivity index (χ1) is 15.0. The molecule has 5 rings (SSSR count). The first kappa shape index (κ1) is 21.9. The zero-order valence-electron chi connectivity index (χ0n) is 18.0. The van der Waals surface area contributed by atoms with Crippen LogP contribution >= 0.6 is 12.4 Å². The largest absolute Gasteiger partial charge is 0.496 e. The third kappa shape index (κ3) is 3.73. The summed E-state index contributed by atoms with van der Waals surface area (Å²) in [6, 6.07) is 8.14. The summed E-state index contributed by atoms with van der Waals surface area (Å²) in [4.78, 5) is 18.5. The highest BCUT2D eigenvalue weighted by Crippen LogP contribution is 2.34. The molecule has 3 heterocycles. The van der Waals surface area contributed by atoms with Crippen LogP contribution in [-0.2, 0) is 0 Å². The van der Waals surface area contributed by atoms with Gasteiger partial charge in [-0.1, -0.05) is 0 Å². The van der Waals surface area contributed by atoms with Crippen LogP contribution in [0.4, 0.5) is 5.82 Å². The molecule has 1 fully saturated rings. The Labute approximate surface area is 191 Å². The van der Waals surface area contributed by atoms with E-state index >= 15 is 0 Å². The summed E-state index contributed by atoms with van der Waals surface area (Å²) in [7, 11) is 3.64. The van der Waals surface area contributed by atoms with Gasteiger partial charge in [0.25, 0.3) is 5.91 Å². The van der Waals surface area contributed by atoms with E-state index in [4.69, 9.17) is 15.6 Å². The van der Waals surface area contributed by atoms with E-state index in [2.05, 4.69) is 22.0 Å². The van der Waals surface area contributed by atoms with Gasteiger partial charge in [-0.15, -0.1) is 12.4 Å². The molecule has 0 unspecified atom stereocenters. The number of hydrogen-bond donors (Lipinski definition) is 1. The lowest BCUT2D eigenvalue weighted by atomic mass is 9.90. The molecular weight excluding hydrogens is 430 g/mol. The minimum Gasteiger partial charge on any atom is -0.496 e. The van der Waals surface area contributed by atoms with Crippen molar-refractivity contribution < 1.29 is 9.53 Å². The van der Waals surface area contributed by atoms with Gasteiger partial charge in [0.1, 0.15) is 5.75 Å². The summed E-state index contributed by atoms with van der Waals surface area (Å²) in [6.07, 6.45) is 9.81. The minimum atomic E-state index is -0.503. The van der Waals surface area contributed by atoms with Crippen molar-refractivity contribution in [2.75, 3.05) is 19.1 Å². The van der Waals surface area contributed by atoms with E-state index in [1.165, 1.54) is 7.11 Å². The average molecular weight is 456 g/mol. The van der Waals surface area contributed by atoms with E-state index < -0.39 is 5.91 Å². The van der Waals surface area contributed by atoms with Crippen molar-refractivity contribution in [2.24, 2.45) is 5.73 Å². The van der Waals surface area contributed by atoms with Crippen molar-refractivity contribution in [3.63, 3.8) is 0 Å². The number of halogens is 1. The fraction of sp³-hybridized carbons (Fsp3) is 0.364. The van der Waals surface area contributed by atoms with Gasteiger partial charge in [-0.3, -0.25) is 9.48 Å². The number of ether oxygens (including phenoxy) is 1. The van der Waals surface area contributed by atoms with Gasteiger partial charge in [-0.25, -0.2) is 4.98 Å². The summed E-state index contributed by atoms with van der Waals surface area (Å²) in [5, 5.41) is 10.1. The molecule has 0 radical (unpaired) electrons. The monoisotopic (exact) mass is 455 g/mol. The number of benzene rings is 1. The molecule has 0 bridgehead atoms. The number of imidazole rings is 1. The zero-order chi connectivity index (χ0) is 21.5. The van der Waals surface area contributed by atoms with Gasteiger partial charge in [-0.05, 0) is 43.9 Å². The Morgan fingerprint density at radius 1 is 1.25 bits per heavy atom. The van der Waals surface area contributed by atoms with Crippen molar-refractivity contribution in [3.05, 3.63) is 48.4 Å². The first-order valence-electron chi connectivity index (χ1n) is 10.4. The number of nitrogens with zero attached hydrogens (tertiary/aromatic N) is 6. The van der Waals surface area contributed by atoms with Crippen molar-refractivity contribution in [2.45, 2.75) is 37.8 Å². The lowest BCUT2D eigenvalue weighted by Crippen LogP contribution is -2.36. The van der Waals surface area contributed by atoms with E-state index in [-0.39, 0.29) is 12.4 Å². The Morgan fingerprint density at radius 2 is 2.03 bits per heavy atom. The second kappa shape index (κ2) is 8.66. The Balaban J connectivity index is 0.00000245. The maximum Gasteiger partial charge on any atom is 0.252 e. The Kier molecular flexibility index (Phi) is 5.92. The van der Waals surface area contributed by atoms with Gasteiger partial charge in [0.2, 0.25) is 0 Å². The standard InChI is InChI=1S/C22H25N7O2.ClH/c1-27(21-12-24-20-4-3-9-25-29(20)21)15-5-7-16(8-6-15)28-13-14-10-17(22(23)30)19(31-2)11-18(14)26-28;/h3-4,9-13,15-16H,5-8H2,1-2H3,(H2,23,30);1H. The van der Waals surface area contributed by atoms with Crippen LogP contribution in [0.15, 0.2) is 42.9 Å². The number of hydrogen-bond acceptors (Lipinski definition) is 6. The summed E-state index contributed by atoms with van der Waals surface area (Å²) in [5.74, 6) is 0.962. The molecule has 1 amide bonds. The van der Waals surface area contributed by atoms with Crippen LogP contribution in [0, 0.1) is 0 Å². The highest BCUT2D eigenvalue weighted by molar-refractivity contribution is 6.00. The van der Waals surface area contributed by atoms with Crippen LogP contribution in [-0.4, -0.2) is 50.5 Å². The smallest absolute Gasteiger partial charge is 0.252 e. The third-order valence-corrected chi connectivity index (χ3v) is 6.32. The van der Waals surface area contributed by atoms with E-state index in [1.807, 2.05) is 33.7 Å². The summed E-state index contributed by atoms with van der Waals surface area (Å²) in [5.41, 5.74) is 7.52. The number of amides is 1. The molecule has 1 saturated carbocycles. The maximum atomic E-state index is 11.7. The van der Waals surface area contributed by atoms with Gasteiger partial charge in [0, 0.05) is 36.9 Å². The van der Waals surface area contributed by atoms with Gasteiger partial charge in [-0.2, -0.15) is 14.7 Å². The zero-order valence-corrected chi connectivity index (χ0v) is 18.8. The van der Waals surface area contributed by atoms with Crippen LogP contribution in [0.2, 0.25) is 0 Å². The molecule has 32 heavy (non-hydrogen) atoms. The third-order valence-electron chi connectivity index (χ3n) is 6.32. The molecule has 0 aliphatic heterocycles. The quantitative estimate of drug-likeness (QED) is 0.495. The van der Waals surface area contributed by atoms with Gasteiger partial charge < -0.3 is 15.4 Å². The predicted octanol–water partition coefficient (Wildman–Crippen LogP) is 3.23. The molecular formula is C22H26ClN7O2. The lowest BCUT2D eigenvalue weighted by Gasteiger charge is -2.35. The molecule has 2 N–H and O–H groups in total. The molecule has 0 spiro atoms. The van der Waals surface area contributed by atoms with Crippen molar-refractivity contribution in [3.8, 4) is 5.75 Å². The molecule has 168 valence electrons. The number of rotatable bonds is 5. The van der Waals surface area contributed by atoms with Crippen LogP contribution in [0.5, 0.6) is 5.75 Å². The minimum absolute atomic E-state index is 0. The van der Waals surface area contributed by atoms with E-state index in [0.29, 0.717) is 23.4 Å². The van der Waals surface area contributed by atoms with Crippen LogP contribution in [0.3, 0.4) is 0 Å². The van der Waals surface area contributed by atoms with Gasteiger partial charge in [0.15, 0.2) is 11.5 Å². The topological polar surface area (TPSA) is 104 Å². The van der Waals surface area contributed by atoms with Gasteiger partial charge in [0.05, 0.1) is 30.4 Å². The Hall–Kier alpha value is -3.33. The van der Waals surface area contributed by atoms with E-state index in [1.54, 1.807) is 18.3 Å². The Morgan fingerprint density at radius 3 is 2.75 bits per heavy atom.